The number of rotatable bonds is 22. The average molecular weight is 1120 g/mol. The van der Waals surface area contributed by atoms with Crippen molar-refractivity contribution in [1.29, 1.82) is 0 Å². The van der Waals surface area contributed by atoms with E-state index in [0.29, 0.717) is 0 Å². The van der Waals surface area contributed by atoms with Gasteiger partial charge in [-0.15, -0.1) is 26.3 Å². The number of aryl methyl sites for hydroxylation is 1. The monoisotopic (exact) mass is 1120 g/mol. The first-order valence-electron chi connectivity index (χ1n) is 29.1. The highest BCUT2D eigenvalue weighted by Gasteiger charge is 2.25. The summed E-state index contributed by atoms with van der Waals surface area (Å²) in [5.74, 6) is 0.787. The summed E-state index contributed by atoms with van der Waals surface area (Å²) in [5.41, 5.74) is 15.6. The van der Waals surface area contributed by atoms with Gasteiger partial charge in [-0.3, -0.25) is 4.99 Å². The Bertz CT molecular complexity index is 3360. The Morgan fingerprint density at radius 1 is 0.624 bits per heavy atom. The van der Waals surface area contributed by atoms with Crippen molar-refractivity contribution in [1.82, 2.24) is 4.90 Å². The van der Waals surface area contributed by atoms with Crippen molar-refractivity contribution in [3.05, 3.63) is 392 Å². The molecule has 0 saturated heterocycles. The molecule has 0 aliphatic carbocycles. The molecule has 1 heterocycles. The van der Waals surface area contributed by atoms with Crippen molar-refractivity contribution in [2.45, 2.75) is 80.6 Å². The molecule has 0 radical (unpaired) electrons. The van der Waals surface area contributed by atoms with E-state index >= 15 is 0 Å². The number of benzene rings is 5. The minimum absolute atomic E-state index is 0.268. The van der Waals surface area contributed by atoms with E-state index in [1.807, 2.05) is 152 Å². The van der Waals surface area contributed by atoms with Crippen molar-refractivity contribution < 1.29 is 0 Å². The Labute approximate surface area is 514 Å². The lowest BCUT2D eigenvalue weighted by Crippen LogP contribution is -2.27. The van der Waals surface area contributed by atoms with Gasteiger partial charge in [0.25, 0.3) is 0 Å². The molecule has 1 aliphatic heterocycles. The molecule has 0 N–H and O–H groups in total. The van der Waals surface area contributed by atoms with E-state index in [1.165, 1.54) is 16.7 Å². The smallest absolute Gasteiger partial charge is 0.145 e. The summed E-state index contributed by atoms with van der Waals surface area (Å²) in [5, 5.41) is 0. The van der Waals surface area contributed by atoms with Crippen molar-refractivity contribution in [2.24, 2.45) is 9.98 Å². The first-order chi connectivity index (χ1) is 41.6. The number of aliphatic imine (C=N–C) groups is 2. The summed E-state index contributed by atoms with van der Waals surface area (Å²) in [6.07, 6.45) is 51.3. The van der Waals surface area contributed by atoms with Crippen molar-refractivity contribution >= 4 is 29.9 Å². The molecule has 0 saturated carbocycles. The van der Waals surface area contributed by atoms with Gasteiger partial charge in [-0.2, -0.15) is 0 Å². The van der Waals surface area contributed by atoms with Crippen LogP contribution in [0.25, 0.3) is 17.3 Å². The van der Waals surface area contributed by atoms with Gasteiger partial charge in [0, 0.05) is 17.2 Å². The third kappa shape index (κ3) is 22.5. The van der Waals surface area contributed by atoms with E-state index in [4.69, 9.17) is 4.99 Å². The number of allylic oxidation sites excluding steroid dienone is 24. The summed E-state index contributed by atoms with van der Waals surface area (Å²) >= 11 is 0. The highest BCUT2D eigenvalue weighted by atomic mass is 15.2. The van der Waals surface area contributed by atoms with Crippen LogP contribution in [-0.4, -0.2) is 17.5 Å². The average Bonchev–Trinajstić information content (AvgIpc) is 3.13. The number of hydrogen-bond donors (Lipinski definition) is 0. The SMILES string of the molecule is C=C.C=C.C=CC(=C(\c1ccc(C2=NC(=C\C)/C=C\C=C/N2C(=C/C/C=C\C=C/C)/C(C=C)=C/C=C\C)cc1)c1ccccc1/C=C\C=C\C)/C(C=C)=C/C=C/C(C)(Cc1ccccc1C)c1ccccc1.C=N/C(=C\C)c1ccccc1.CC. The molecule has 0 aromatic heterocycles. The molecule has 0 amide bonds. The van der Waals surface area contributed by atoms with Crippen molar-refractivity contribution in [3.8, 4) is 0 Å². The molecular weight excluding hydrogens is 1030 g/mol. The van der Waals surface area contributed by atoms with Crippen LogP contribution in [0.5, 0.6) is 0 Å². The molecule has 1 atom stereocenters. The first-order valence-corrected chi connectivity index (χ1v) is 29.1. The van der Waals surface area contributed by atoms with Gasteiger partial charge in [0.05, 0.1) is 17.1 Å². The van der Waals surface area contributed by atoms with Gasteiger partial charge >= 0.3 is 0 Å². The van der Waals surface area contributed by atoms with E-state index in [1.54, 1.807) is 0 Å². The fourth-order valence-electron chi connectivity index (χ4n) is 9.01. The quantitative estimate of drug-likeness (QED) is 0.0386. The number of hydrogen-bond acceptors (Lipinski definition) is 3. The number of amidine groups is 1. The van der Waals surface area contributed by atoms with Crippen molar-refractivity contribution in [2.75, 3.05) is 0 Å². The maximum Gasteiger partial charge on any atom is 0.145 e. The van der Waals surface area contributed by atoms with Crippen LogP contribution in [0.1, 0.15) is 106 Å². The van der Waals surface area contributed by atoms with Gasteiger partial charge in [0.2, 0.25) is 0 Å². The lowest BCUT2D eigenvalue weighted by Gasteiger charge is -2.28. The molecule has 0 bridgehead atoms. The fraction of sp³-hybridized carbons (Fsp3) is 0.146. The molecule has 1 unspecified atom stereocenters. The fourth-order valence-corrected chi connectivity index (χ4v) is 9.01. The van der Waals surface area contributed by atoms with E-state index in [0.717, 1.165) is 85.9 Å². The Hall–Kier alpha value is -9.70. The first kappa shape index (κ1) is 71.4. The second-order valence-corrected chi connectivity index (χ2v) is 18.7. The van der Waals surface area contributed by atoms with Crippen LogP contribution in [0.3, 0.4) is 0 Å². The topological polar surface area (TPSA) is 28.0 Å². The van der Waals surface area contributed by atoms with E-state index in [-0.39, 0.29) is 5.41 Å². The van der Waals surface area contributed by atoms with Gasteiger partial charge in [0.15, 0.2) is 0 Å². The van der Waals surface area contributed by atoms with E-state index in [9.17, 15) is 0 Å². The zero-order valence-electron chi connectivity index (χ0n) is 52.5. The maximum atomic E-state index is 5.31. The molecule has 5 aromatic carbocycles. The van der Waals surface area contributed by atoms with Gasteiger partial charge in [-0.25, -0.2) is 4.99 Å². The van der Waals surface area contributed by atoms with Crippen molar-refractivity contribution in [3.63, 3.8) is 0 Å². The summed E-state index contributed by atoms with van der Waals surface area (Å²) < 4.78 is 0. The summed E-state index contributed by atoms with van der Waals surface area (Å²) in [7, 11) is 0. The molecule has 6 rings (SSSR count). The van der Waals surface area contributed by atoms with Gasteiger partial charge in [-0.05, 0) is 134 Å². The van der Waals surface area contributed by atoms with Crippen LogP contribution in [0, 0.1) is 6.92 Å². The normalized spacial score (nSPS) is 15.2. The van der Waals surface area contributed by atoms with Crippen LogP contribution >= 0.6 is 0 Å². The Morgan fingerprint density at radius 2 is 1.22 bits per heavy atom. The highest BCUT2D eigenvalue weighted by molar-refractivity contribution is 6.02. The Kier molecular flexibility index (Phi) is 35.4. The lowest BCUT2D eigenvalue weighted by molar-refractivity contribution is 0.589. The maximum absolute atomic E-state index is 5.31. The van der Waals surface area contributed by atoms with Gasteiger partial charge in [-0.1, -0.05) is 302 Å². The Balaban J connectivity index is 0.00000127. The minimum atomic E-state index is -0.268. The third-order valence-electron chi connectivity index (χ3n) is 13.3. The molecule has 3 nitrogen and oxygen atoms in total. The predicted molar refractivity (Wildman–Crippen MR) is 383 cm³/mol. The molecule has 0 spiro atoms. The van der Waals surface area contributed by atoms with Crippen LogP contribution < -0.4 is 0 Å². The molecular formula is C82H93N3. The molecule has 85 heavy (non-hydrogen) atoms. The largest absolute Gasteiger partial charge is 0.301 e. The zero-order valence-corrected chi connectivity index (χ0v) is 52.5. The molecule has 0 fully saturated rings. The second kappa shape index (κ2) is 42.2. The lowest BCUT2D eigenvalue weighted by atomic mass is 9.76. The molecule has 436 valence electrons. The van der Waals surface area contributed by atoms with E-state index < -0.39 is 0 Å². The standard InChI is InChI=1S/C66H68N2.C10H11N.C2H6.2C2H4/c1-10-17-20-21-26-44-63(54(14-5)35-19-12-3)68-50-32-31-42-60(15-6)67-65(68)57-47-45-56(46-48-57)64(62-43-30-29-37-55(62)36-23-18-11-2)61(16-7)53(13-4)39-33-49-66(9,59-40-24-22-25-41-59)51-58-38-28-27-34-52(58)8;1-3-10(11-2)9-7-5-4-6-8-9;3*1-2/h10-25,27-50H,4-5,7,26,51H2,1-3,6,8-9H3;3-8H,2H2,1H3;1-2H3;2*1-2H2/b17-10-,18-11+,19-12-,21-20-,36-23-,42-31-,49-33+,50-32-,53-39+,54-35+,60-15-,63-44+,64-61-,67-65?;10-3-;;;. The van der Waals surface area contributed by atoms with Crippen LogP contribution in [0.15, 0.2) is 357 Å². The number of nitrogens with zero attached hydrogens (tertiary/aromatic N) is 3. The van der Waals surface area contributed by atoms with E-state index in [2.05, 4.69) is 253 Å². The summed E-state index contributed by atoms with van der Waals surface area (Å²) in [4.78, 5) is 11.4. The highest BCUT2D eigenvalue weighted by Crippen LogP contribution is 2.36. The molecule has 3 heteroatoms. The Morgan fingerprint density at radius 3 is 1.82 bits per heavy atom. The van der Waals surface area contributed by atoms with Gasteiger partial charge in [0.1, 0.15) is 5.84 Å². The summed E-state index contributed by atoms with van der Waals surface area (Å²) in [6.45, 7) is 47.1. The predicted octanol–water partition coefficient (Wildman–Crippen LogP) is 23.0. The van der Waals surface area contributed by atoms with Crippen LogP contribution in [0.2, 0.25) is 0 Å². The van der Waals surface area contributed by atoms with Crippen LogP contribution in [0.4, 0.5) is 0 Å². The van der Waals surface area contributed by atoms with Crippen LogP contribution in [-0.2, 0) is 11.8 Å². The minimum Gasteiger partial charge on any atom is -0.301 e. The van der Waals surface area contributed by atoms with Gasteiger partial charge < -0.3 is 4.90 Å². The second-order valence-electron chi connectivity index (χ2n) is 18.7. The summed E-state index contributed by atoms with van der Waals surface area (Å²) in [6, 6.07) is 46.8. The third-order valence-corrected chi connectivity index (χ3v) is 13.3. The molecule has 1 aliphatic rings. The molecule has 5 aromatic rings. The zero-order chi connectivity index (χ0) is 62.7.